The summed E-state index contributed by atoms with van der Waals surface area (Å²) in [7, 11) is 0. The minimum Gasteiger partial charge on any atom is -0.475 e. The number of amides is 1. The van der Waals surface area contributed by atoms with E-state index in [0.29, 0.717) is 5.92 Å². The molecule has 2 aliphatic heterocycles. The lowest BCUT2D eigenvalue weighted by Gasteiger charge is -2.30. The van der Waals surface area contributed by atoms with Crippen molar-refractivity contribution in [2.45, 2.75) is 24.9 Å². The molecule has 3 aromatic heterocycles. The molecule has 0 radical (unpaired) electrons. The van der Waals surface area contributed by atoms with Crippen molar-refractivity contribution in [3.8, 4) is 0 Å². The Hall–Kier alpha value is -3.19. The van der Waals surface area contributed by atoms with Crippen LogP contribution in [-0.2, 0) is 9.53 Å². The summed E-state index contributed by atoms with van der Waals surface area (Å²) in [4.78, 5) is 30.4. The Balaban J connectivity index is 0.000000364. The van der Waals surface area contributed by atoms with Gasteiger partial charge in [0.25, 0.3) is 5.91 Å². The molecule has 0 saturated carbocycles. The van der Waals surface area contributed by atoms with Crippen LogP contribution < -0.4 is 4.90 Å². The number of nitrogens with zero attached hydrogens (tertiary/aromatic N) is 5. The van der Waals surface area contributed by atoms with E-state index in [1.54, 1.807) is 11.3 Å². The fraction of sp³-hybridized carbons (Fsp3) is 0.455. The number of hydrogen-bond acceptors (Lipinski definition) is 7. The molecule has 2 fully saturated rings. The van der Waals surface area contributed by atoms with Crippen LogP contribution in [0.4, 0.5) is 18.9 Å². The number of carboxylic acids is 1. The molecule has 1 amide bonds. The zero-order valence-corrected chi connectivity index (χ0v) is 19.5. The molecule has 0 aliphatic carbocycles. The number of halogens is 3. The van der Waals surface area contributed by atoms with Crippen LogP contribution in [0.3, 0.4) is 0 Å². The standard InChI is InChI=1S/C20H23N5O2S.C2HF3O2/c26-20(16-5-12-28-14-16)24-6-3-15(4-7-24)19-21-18-2-1-17(13-25(18)22-19)23-8-10-27-11-9-23;3-2(4,5)1(6)7/h1-2,5,12-15H,3-4,6-11H2;(H,6,7). The molecule has 13 heteroatoms. The molecule has 0 bridgehead atoms. The maximum Gasteiger partial charge on any atom is 0.490 e. The van der Waals surface area contributed by atoms with Gasteiger partial charge in [0.2, 0.25) is 0 Å². The summed E-state index contributed by atoms with van der Waals surface area (Å²) >= 11 is 1.56. The number of aromatic nitrogens is 3. The topological polar surface area (TPSA) is 100 Å². The molecule has 0 unspecified atom stereocenters. The van der Waals surface area contributed by atoms with Crippen LogP contribution in [0.1, 0.15) is 34.9 Å². The number of likely N-dealkylation sites (tertiary alicyclic amines) is 1. The van der Waals surface area contributed by atoms with E-state index in [4.69, 9.17) is 24.7 Å². The van der Waals surface area contributed by atoms with Gasteiger partial charge in [-0.3, -0.25) is 4.79 Å². The molecule has 188 valence electrons. The van der Waals surface area contributed by atoms with E-state index >= 15 is 0 Å². The van der Waals surface area contributed by atoms with Crippen LogP contribution in [-0.4, -0.2) is 82.1 Å². The summed E-state index contributed by atoms with van der Waals surface area (Å²) in [6.07, 6.45) is -1.21. The smallest absolute Gasteiger partial charge is 0.475 e. The lowest BCUT2D eigenvalue weighted by Crippen LogP contribution is -2.37. The van der Waals surface area contributed by atoms with Crippen LogP contribution in [0.25, 0.3) is 5.65 Å². The third kappa shape index (κ3) is 6.09. The van der Waals surface area contributed by atoms with Crippen molar-refractivity contribution < 1.29 is 32.6 Å². The van der Waals surface area contributed by atoms with E-state index in [1.807, 2.05) is 32.3 Å². The van der Waals surface area contributed by atoms with E-state index in [1.165, 1.54) is 0 Å². The third-order valence-corrected chi connectivity index (χ3v) is 6.55. The second-order valence-electron chi connectivity index (χ2n) is 8.14. The first kappa shape index (κ1) is 24.9. The van der Waals surface area contributed by atoms with Gasteiger partial charge in [-0.05, 0) is 36.4 Å². The summed E-state index contributed by atoms with van der Waals surface area (Å²) in [5.41, 5.74) is 2.83. The van der Waals surface area contributed by atoms with E-state index in [9.17, 15) is 18.0 Å². The number of anilines is 1. The Labute approximate surface area is 202 Å². The van der Waals surface area contributed by atoms with Crippen LogP contribution >= 0.6 is 11.3 Å². The van der Waals surface area contributed by atoms with E-state index in [-0.39, 0.29) is 5.91 Å². The van der Waals surface area contributed by atoms with Crippen molar-refractivity contribution in [2.75, 3.05) is 44.3 Å². The quantitative estimate of drug-likeness (QED) is 0.576. The largest absolute Gasteiger partial charge is 0.490 e. The Morgan fingerprint density at radius 3 is 2.37 bits per heavy atom. The fourth-order valence-electron chi connectivity index (χ4n) is 3.98. The highest BCUT2D eigenvalue weighted by Gasteiger charge is 2.38. The summed E-state index contributed by atoms with van der Waals surface area (Å²) in [6, 6.07) is 6.05. The van der Waals surface area contributed by atoms with Gasteiger partial charge in [0.15, 0.2) is 11.5 Å². The van der Waals surface area contributed by atoms with E-state index < -0.39 is 12.1 Å². The number of pyridine rings is 1. The molecule has 2 aliphatic rings. The highest BCUT2D eigenvalue weighted by atomic mass is 32.1. The monoisotopic (exact) mass is 511 g/mol. The van der Waals surface area contributed by atoms with E-state index in [2.05, 4.69) is 17.2 Å². The van der Waals surface area contributed by atoms with Crippen molar-refractivity contribution in [1.82, 2.24) is 19.5 Å². The summed E-state index contributed by atoms with van der Waals surface area (Å²) in [6.45, 7) is 4.86. The van der Waals surface area contributed by atoms with Gasteiger partial charge in [-0.2, -0.15) is 29.6 Å². The zero-order chi connectivity index (χ0) is 25.0. The van der Waals surface area contributed by atoms with Crippen molar-refractivity contribution >= 4 is 34.5 Å². The number of morpholine rings is 1. The molecule has 2 saturated heterocycles. The lowest BCUT2D eigenvalue weighted by atomic mass is 9.96. The zero-order valence-electron chi connectivity index (χ0n) is 18.6. The van der Waals surface area contributed by atoms with Crippen molar-refractivity contribution in [2.24, 2.45) is 0 Å². The SMILES string of the molecule is O=C(O)C(F)(F)F.O=C(c1ccsc1)N1CCC(c2nc3ccc(N4CCOCC4)cn3n2)CC1. The van der Waals surface area contributed by atoms with Gasteiger partial charge < -0.3 is 19.6 Å². The molecule has 3 aromatic rings. The molecular formula is C22H24F3N5O4S. The van der Waals surface area contributed by atoms with Gasteiger partial charge in [0.05, 0.1) is 30.7 Å². The number of alkyl halides is 3. The second-order valence-corrected chi connectivity index (χ2v) is 8.92. The minimum atomic E-state index is -5.08. The maximum absolute atomic E-state index is 12.5. The predicted molar refractivity (Wildman–Crippen MR) is 122 cm³/mol. The van der Waals surface area contributed by atoms with Gasteiger partial charge in [-0.15, -0.1) is 0 Å². The summed E-state index contributed by atoms with van der Waals surface area (Å²) in [5, 5.41) is 15.8. The lowest BCUT2D eigenvalue weighted by molar-refractivity contribution is -0.192. The third-order valence-electron chi connectivity index (χ3n) is 5.87. The molecule has 35 heavy (non-hydrogen) atoms. The summed E-state index contributed by atoms with van der Waals surface area (Å²) in [5.74, 6) is -1.43. The first-order chi connectivity index (χ1) is 16.7. The summed E-state index contributed by atoms with van der Waals surface area (Å²) < 4.78 is 39.1. The number of carbonyl (C=O) groups is 2. The molecule has 9 nitrogen and oxygen atoms in total. The van der Waals surface area contributed by atoms with Crippen LogP contribution in [0, 0.1) is 0 Å². The van der Waals surface area contributed by atoms with E-state index in [0.717, 1.165) is 75.0 Å². The molecule has 5 heterocycles. The second kappa shape index (κ2) is 10.6. The van der Waals surface area contributed by atoms with Crippen molar-refractivity contribution in [3.05, 3.63) is 46.5 Å². The molecule has 5 rings (SSSR count). The highest BCUT2D eigenvalue weighted by molar-refractivity contribution is 7.08. The Morgan fingerprint density at radius 1 is 1.09 bits per heavy atom. The highest BCUT2D eigenvalue weighted by Crippen LogP contribution is 2.28. The number of aliphatic carboxylic acids is 1. The Kier molecular flexibility index (Phi) is 7.55. The molecule has 0 atom stereocenters. The number of rotatable bonds is 3. The first-order valence-corrected chi connectivity index (χ1v) is 12.0. The number of ether oxygens (including phenoxy) is 1. The Bertz CT molecular complexity index is 1150. The van der Waals surface area contributed by atoms with Crippen LogP contribution in [0.5, 0.6) is 0 Å². The van der Waals surface area contributed by atoms with Gasteiger partial charge in [-0.1, -0.05) is 0 Å². The normalized spacial score (nSPS) is 17.2. The molecule has 0 spiro atoms. The average Bonchev–Trinajstić information content (AvgIpc) is 3.54. The average molecular weight is 512 g/mol. The first-order valence-electron chi connectivity index (χ1n) is 11.0. The fourth-order valence-corrected chi connectivity index (χ4v) is 4.61. The minimum absolute atomic E-state index is 0.137. The van der Waals surface area contributed by atoms with Crippen molar-refractivity contribution in [1.29, 1.82) is 0 Å². The maximum atomic E-state index is 12.5. The van der Waals surface area contributed by atoms with Crippen LogP contribution in [0.2, 0.25) is 0 Å². The van der Waals surface area contributed by atoms with Crippen LogP contribution in [0.15, 0.2) is 35.2 Å². The van der Waals surface area contributed by atoms with Gasteiger partial charge in [0, 0.05) is 37.5 Å². The number of piperidine rings is 1. The number of carbonyl (C=O) groups excluding carboxylic acids is 1. The predicted octanol–water partition coefficient (Wildman–Crippen LogP) is 3.28. The van der Waals surface area contributed by atoms with Gasteiger partial charge >= 0.3 is 12.1 Å². The number of thiophene rings is 1. The van der Waals surface area contributed by atoms with Gasteiger partial charge in [0.1, 0.15) is 0 Å². The number of carboxylic acid groups (broad SMARTS) is 1. The molecular weight excluding hydrogens is 487 g/mol. The molecule has 0 aromatic carbocycles. The Morgan fingerprint density at radius 2 is 1.77 bits per heavy atom. The van der Waals surface area contributed by atoms with Gasteiger partial charge in [-0.25, -0.2) is 14.3 Å². The number of fused-ring (bicyclic) bond motifs is 1. The molecule has 1 N–H and O–H groups in total. The number of hydrogen-bond donors (Lipinski definition) is 1. The van der Waals surface area contributed by atoms with Crippen molar-refractivity contribution in [3.63, 3.8) is 0 Å².